The predicted molar refractivity (Wildman–Crippen MR) is 60.9 cm³/mol. The third-order valence-corrected chi connectivity index (χ3v) is 3.15. The SMILES string of the molecule is O=C(O)C[C@H]1CCN[C@@H]1c1ccc(O)c(O)c1. The van der Waals surface area contributed by atoms with Crippen LogP contribution in [-0.2, 0) is 4.79 Å². The van der Waals surface area contributed by atoms with E-state index in [1.54, 1.807) is 6.07 Å². The average molecular weight is 237 g/mol. The molecule has 1 aromatic rings. The van der Waals surface area contributed by atoms with Crippen molar-refractivity contribution in [2.24, 2.45) is 5.92 Å². The van der Waals surface area contributed by atoms with Crippen LogP contribution < -0.4 is 5.32 Å². The number of hydrogen-bond acceptors (Lipinski definition) is 4. The number of phenols is 2. The fourth-order valence-corrected chi connectivity index (χ4v) is 2.33. The van der Waals surface area contributed by atoms with Crippen molar-refractivity contribution >= 4 is 5.97 Å². The molecule has 0 saturated carbocycles. The topological polar surface area (TPSA) is 89.8 Å². The molecule has 92 valence electrons. The summed E-state index contributed by atoms with van der Waals surface area (Å²) < 4.78 is 0. The van der Waals surface area contributed by atoms with Crippen LogP contribution in [0.3, 0.4) is 0 Å². The average Bonchev–Trinajstić information content (AvgIpc) is 2.69. The smallest absolute Gasteiger partial charge is 0.303 e. The zero-order valence-corrected chi connectivity index (χ0v) is 9.26. The van der Waals surface area contributed by atoms with Gasteiger partial charge in [-0.3, -0.25) is 4.79 Å². The van der Waals surface area contributed by atoms with Gasteiger partial charge in [0.05, 0.1) is 6.42 Å². The van der Waals surface area contributed by atoms with Crippen LogP contribution in [0.15, 0.2) is 18.2 Å². The van der Waals surface area contributed by atoms with Crippen molar-refractivity contribution in [3.8, 4) is 11.5 Å². The molecule has 0 amide bonds. The molecule has 0 radical (unpaired) electrons. The van der Waals surface area contributed by atoms with Gasteiger partial charge in [0.15, 0.2) is 11.5 Å². The van der Waals surface area contributed by atoms with E-state index in [0.29, 0.717) is 0 Å². The Balaban J connectivity index is 2.20. The first-order valence-corrected chi connectivity index (χ1v) is 5.55. The molecule has 2 atom stereocenters. The molecule has 0 aromatic heterocycles. The molecule has 0 aliphatic carbocycles. The monoisotopic (exact) mass is 237 g/mol. The molecular weight excluding hydrogens is 222 g/mol. The van der Waals surface area contributed by atoms with E-state index in [1.807, 2.05) is 0 Å². The van der Waals surface area contributed by atoms with Crippen LogP contribution in [0, 0.1) is 5.92 Å². The minimum atomic E-state index is -0.813. The van der Waals surface area contributed by atoms with Gasteiger partial charge in [-0.1, -0.05) is 6.07 Å². The van der Waals surface area contributed by atoms with Crippen molar-refractivity contribution in [2.45, 2.75) is 18.9 Å². The minimum Gasteiger partial charge on any atom is -0.504 e. The maximum atomic E-state index is 10.7. The largest absolute Gasteiger partial charge is 0.504 e. The number of aromatic hydroxyl groups is 2. The Morgan fingerprint density at radius 3 is 2.76 bits per heavy atom. The van der Waals surface area contributed by atoms with Gasteiger partial charge in [-0.25, -0.2) is 0 Å². The fourth-order valence-electron chi connectivity index (χ4n) is 2.33. The molecule has 5 nitrogen and oxygen atoms in total. The number of aliphatic carboxylic acids is 1. The second-order valence-corrected chi connectivity index (χ2v) is 4.33. The van der Waals surface area contributed by atoms with Gasteiger partial charge in [0.1, 0.15) is 0 Å². The van der Waals surface area contributed by atoms with Gasteiger partial charge in [0.25, 0.3) is 0 Å². The van der Waals surface area contributed by atoms with E-state index >= 15 is 0 Å². The summed E-state index contributed by atoms with van der Waals surface area (Å²) in [5, 5.41) is 30.7. The summed E-state index contributed by atoms with van der Waals surface area (Å²) in [5.41, 5.74) is 0.809. The molecular formula is C12H15NO4. The van der Waals surface area contributed by atoms with Crippen LogP contribution in [0.5, 0.6) is 11.5 Å². The van der Waals surface area contributed by atoms with Gasteiger partial charge in [-0.2, -0.15) is 0 Å². The van der Waals surface area contributed by atoms with E-state index in [0.717, 1.165) is 18.5 Å². The Morgan fingerprint density at radius 2 is 2.12 bits per heavy atom. The van der Waals surface area contributed by atoms with Crippen molar-refractivity contribution in [3.63, 3.8) is 0 Å². The zero-order chi connectivity index (χ0) is 12.4. The van der Waals surface area contributed by atoms with Crippen molar-refractivity contribution in [1.29, 1.82) is 0 Å². The molecule has 0 unspecified atom stereocenters. The Bertz CT molecular complexity index is 433. The number of rotatable bonds is 3. The molecule has 17 heavy (non-hydrogen) atoms. The Morgan fingerprint density at radius 1 is 1.35 bits per heavy atom. The van der Waals surface area contributed by atoms with Crippen molar-refractivity contribution < 1.29 is 20.1 Å². The van der Waals surface area contributed by atoms with Gasteiger partial charge < -0.3 is 20.6 Å². The first kappa shape index (κ1) is 11.7. The van der Waals surface area contributed by atoms with Crippen LogP contribution in [0.25, 0.3) is 0 Å². The number of carboxylic acids is 1. The Hall–Kier alpha value is -1.75. The highest BCUT2D eigenvalue weighted by Gasteiger charge is 2.30. The maximum absolute atomic E-state index is 10.7. The lowest BCUT2D eigenvalue weighted by atomic mass is 9.91. The summed E-state index contributed by atoms with van der Waals surface area (Å²) in [6.45, 7) is 0.768. The summed E-state index contributed by atoms with van der Waals surface area (Å²) in [5.74, 6) is -1.13. The van der Waals surface area contributed by atoms with E-state index in [2.05, 4.69) is 5.32 Å². The van der Waals surface area contributed by atoms with Crippen LogP contribution in [0.4, 0.5) is 0 Å². The summed E-state index contributed by atoms with van der Waals surface area (Å²) >= 11 is 0. The molecule has 1 heterocycles. The van der Waals surface area contributed by atoms with E-state index in [-0.39, 0.29) is 29.9 Å². The van der Waals surface area contributed by atoms with E-state index in [4.69, 9.17) is 5.11 Å². The Kier molecular flexibility index (Phi) is 3.19. The molecule has 0 spiro atoms. The zero-order valence-electron chi connectivity index (χ0n) is 9.26. The second-order valence-electron chi connectivity index (χ2n) is 4.33. The van der Waals surface area contributed by atoms with Crippen molar-refractivity contribution in [1.82, 2.24) is 5.32 Å². The lowest BCUT2D eigenvalue weighted by Crippen LogP contribution is -2.19. The highest BCUT2D eigenvalue weighted by molar-refractivity contribution is 5.67. The van der Waals surface area contributed by atoms with Gasteiger partial charge in [0.2, 0.25) is 0 Å². The van der Waals surface area contributed by atoms with Crippen molar-refractivity contribution in [3.05, 3.63) is 23.8 Å². The molecule has 1 fully saturated rings. The van der Waals surface area contributed by atoms with E-state index in [1.165, 1.54) is 12.1 Å². The van der Waals surface area contributed by atoms with Gasteiger partial charge in [-0.15, -0.1) is 0 Å². The summed E-state index contributed by atoms with van der Waals surface area (Å²) in [4.78, 5) is 10.7. The van der Waals surface area contributed by atoms with Gasteiger partial charge in [0, 0.05) is 6.04 Å². The van der Waals surface area contributed by atoms with Crippen LogP contribution in [0.2, 0.25) is 0 Å². The first-order chi connectivity index (χ1) is 8.08. The number of carbonyl (C=O) groups is 1. The summed E-state index contributed by atoms with van der Waals surface area (Å²) in [7, 11) is 0. The van der Waals surface area contributed by atoms with E-state index in [9.17, 15) is 15.0 Å². The molecule has 1 saturated heterocycles. The highest BCUT2D eigenvalue weighted by atomic mass is 16.4. The maximum Gasteiger partial charge on any atom is 0.303 e. The fraction of sp³-hybridized carbons (Fsp3) is 0.417. The van der Waals surface area contributed by atoms with Crippen LogP contribution in [-0.4, -0.2) is 27.8 Å². The number of nitrogens with one attached hydrogen (secondary N) is 1. The lowest BCUT2D eigenvalue weighted by molar-refractivity contribution is -0.138. The number of carboxylic acid groups (broad SMARTS) is 1. The molecule has 0 bridgehead atoms. The third-order valence-electron chi connectivity index (χ3n) is 3.15. The van der Waals surface area contributed by atoms with Crippen LogP contribution >= 0.6 is 0 Å². The molecule has 1 aliphatic heterocycles. The number of phenolic OH excluding ortho intramolecular Hbond substituents is 2. The molecule has 1 aromatic carbocycles. The van der Waals surface area contributed by atoms with E-state index < -0.39 is 5.97 Å². The Labute approximate surface area is 98.7 Å². The summed E-state index contributed by atoms with van der Waals surface area (Å²) in [6.07, 6.45) is 0.915. The predicted octanol–water partition coefficient (Wildman–Crippen LogP) is 1.22. The molecule has 2 rings (SSSR count). The summed E-state index contributed by atoms with van der Waals surface area (Å²) in [6, 6.07) is 4.53. The lowest BCUT2D eigenvalue weighted by Gasteiger charge is -2.18. The molecule has 1 aliphatic rings. The van der Waals surface area contributed by atoms with Gasteiger partial charge in [-0.05, 0) is 36.6 Å². The number of benzene rings is 1. The minimum absolute atomic E-state index is 0.0245. The van der Waals surface area contributed by atoms with Gasteiger partial charge >= 0.3 is 5.97 Å². The normalized spacial score (nSPS) is 23.8. The second kappa shape index (κ2) is 4.63. The number of hydrogen-bond donors (Lipinski definition) is 4. The quantitative estimate of drug-likeness (QED) is 0.593. The van der Waals surface area contributed by atoms with Crippen LogP contribution in [0.1, 0.15) is 24.4 Å². The molecule has 4 N–H and O–H groups in total. The first-order valence-electron chi connectivity index (χ1n) is 5.55. The highest BCUT2D eigenvalue weighted by Crippen LogP contribution is 2.35. The van der Waals surface area contributed by atoms with Crippen molar-refractivity contribution in [2.75, 3.05) is 6.54 Å². The third kappa shape index (κ3) is 2.50. The standard InChI is InChI=1S/C12H15NO4/c14-9-2-1-7(5-10(9)15)12-8(3-4-13-12)6-11(16)17/h1-2,5,8,12-15H,3-4,6H2,(H,16,17)/t8-,12-/m1/s1. The molecule has 5 heteroatoms.